The van der Waals surface area contributed by atoms with Crippen LogP contribution in [-0.2, 0) is 9.59 Å². The van der Waals surface area contributed by atoms with E-state index in [-0.39, 0.29) is 11.8 Å². The van der Waals surface area contributed by atoms with Gasteiger partial charge in [0.1, 0.15) is 5.41 Å². The van der Waals surface area contributed by atoms with Crippen molar-refractivity contribution >= 4 is 33.4 Å². The van der Waals surface area contributed by atoms with Crippen LogP contribution in [0.3, 0.4) is 0 Å². The molecular formula is C16H21BrN2O2. The Labute approximate surface area is 134 Å². The number of anilines is 1. The Morgan fingerprint density at radius 1 is 1.24 bits per heavy atom. The molecule has 1 aliphatic heterocycles. The average Bonchev–Trinajstić information content (AvgIpc) is 2.95. The van der Waals surface area contributed by atoms with Gasteiger partial charge in [-0.25, -0.2) is 0 Å². The van der Waals surface area contributed by atoms with Crippen LogP contribution in [-0.4, -0.2) is 29.8 Å². The van der Waals surface area contributed by atoms with Crippen LogP contribution in [0.15, 0.2) is 22.7 Å². The number of rotatable bonds is 3. The second kappa shape index (κ2) is 6.18. The number of carbonyl (C=O) groups excluding carboxylic acids is 2. The first-order chi connectivity index (χ1) is 9.82. The number of amides is 2. The van der Waals surface area contributed by atoms with Crippen molar-refractivity contribution in [1.82, 2.24) is 4.90 Å². The summed E-state index contributed by atoms with van der Waals surface area (Å²) < 4.78 is 0.934. The van der Waals surface area contributed by atoms with Crippen molar-refractivity contribution in [3.8, 4) is 0 Å². The quantitative estimate of drug-likeness (QED) is 0.848. The van der Waals surface area contributed by atoms with Gasteiger partial charge >= 0.3 is 0 Å². The normalized spacial score (nSPS) is 15.1. The summed E-state index contributed by atoms with van der Waals surface area (Å²) in [5, 5.41) is 2.84. The molecule has 1 aliphatic rings. The number of nitrogens with zero attached hydrogens (tertiary/aromatic N) is 1. The molecule has 2 amide bonds. The first kappa shape index (κ1) is 16.0. The van der Waals surface area contributed by atoms with Crippen LogP contribution in [0.25, 0.3) is 0 Å². The summed E-state index contributed by atoms with van der Waals surface area (Å²) >= 11 is 3.44. The molecule has 1 aromatic carbocycles. The summed E-state index contributed by atoms with van der Waals surface area (Å²) in [7, 11) is 0. The topological polar surface area (TPSA) is 49.4 Å². The van der Waals surface area contributed by atoms with Crippen molar-refractivity contribution in [2.45, 2.75) is 33.6 Å². The Hall–Kier alpha value is -1.36. The summed E-state index contributed by atoms with van der Waals surface area (Å²) in [4.78, 5) is 26.7. The van der Waals surface area contributed by atoms with Crippen LogP contribution >= 0.6 is 15.9 Å². The zero-order chi connectivity index (χ0) is 15.6. The lowest BCUT2D eigenvalue weighted by molar-refractivity contribution is -0.145. The van der Waals surface area contributed by atoms with E-state index in [4.69, 9.17) is 0 Å². The van der Waals surface area contributed by atoms with Gasteiger partial charge in [-0.05, 0) is 51.3 Å². The smallest absolute Gasteiger partial charge is 0.239 e. The van der Waals surface area contributed by atoms with Gasteiger partial charge in [0.25, 0.3) is 0 Å². The zero-order valence-electron chi connectivity index (χ0n) is 12.7. The van der Waals surface area contributed by atoms with Gasteiger partial charge in [-0.2, -0.15) is 0 Å². The SMILES string of the molecule is Cc1ccc(NC(=O)C(C)(C)C(=O)N2CCCC2)cc1Br. The third-order valence-electron chi connectivity index (χ3n) is 3.93. The number of halogens is 1. The molecule has 1 N–H and O–H groups in total. The second-order valence-electron chi connectivity index (χ2n) is 6.04. The summed E-state index contributed by atoms with van der Waals surface area (Å²) in [5.41, 5.74) is 0.738. The second-order valence-corrected chi connectivity index (χ2v) is 6.90. The lowest BCUT2D eigenvalue weighted by Crippen LogP contribution is -2.46. The molecule has 0 aromatic heterocycles. The lowest BCUT2D eigenvalue weighted by Gasteiger charge is -2.28. The Balaban J connectivity index is 2.10. The average molecular weight is 353 g/mol. The highest BCUT2D eigenvalue weighted by atomic mass is 79.9. The minimum atomic E-state index is -1.05. The first-order valence-corrected chi connectivity index (χ1v) is 7.98. The van der Waals surface area contributed by atoms with E-state index in [1.54, 1.807) is 18.7 Å². The highest BCUT2D eigenvalue weighted by Crippen LogP contribution is 2.26. The molecule has 1 saturated heterocycles. The molecule has 1 fully saturated rings. The Kier molecular flexibility index (Phi) is 4.71. The van der Waals surface area contributed by atoms with Gasteiger partial charge in [0, 0.05) is 23.2 Å². The highest BCUT2D eigenvalue weighted by molar-refractivity contribution is 9.10. The van der Waals surface area contributed by atoms with Crippen LogP contribution in [0.2, 0.25) is 0 Å². The monoisotopic (exact) mass is 352 g/mol. The number of hydrogen-bond acceptors (Lipinski definition) is 2. The van der Waals surface area contributed by atoms with Crippen molar-refractivity contribution in [2.75, 3.05) is 18.4 Å². The fourth-order valence-electron chi connectivity index (χ4n) is 2.37. The van der Waals surface area contributed by atoms with Crippen LogP contribution in [0, 0.1) is 12.3 Å². The van der Waals surface area contributed by atoms with Crippen molar-refractivity contribution in [3.63, 3.8) is 0 Å². The molecule has 0 aliphatic carbocycles. The maximum absolute atomic E-state index is 12.5. The summed E-state index contributed by atoms with van der Waals surface area (Å²) in [6.45, 7) is 6.87. The Morgan fingerprint density at radius 3 is 2.43 bits per heavy atom. The van der Waals surface area contributed by atoms with E-state index in [1.165, 1.54) is 0 Å². The van der Waals surface area contributed by atoms with Crippen LogP contribution in [0.4, 0.5) is 5.69 Å². The van der Waals surface area contributed by atoms with E-state index >= 15 is 0 Å². The molecule has 0 spiro atoms. The molecular weight excluding hydrogens is 332 g/mol. The fraction of sp³-hybridized carbons (Fsp3) is 0.500. The maximum atomic E-state index is 12.5. The van der Waals surface area contributed by atoms with Gasteiger partial charge in [-0.1, -0.05) is 22.0 Å². The van der Waals surface area contributed by atoms with E-state index in [0.29, 0.717) is 5.69 Å². The van der Waals surface area contributed by atoms with Crippen molar-refractivity contribution in [2.24, 2.45) is 5.41 Å². The van der Waals surface area contributed by atoms with Crippen LogP contribution < -0.4 is 5.32 Å². The summed E-state index contributed by atoms with van der Waals surface area (Å²) in [6, 6.07) is 5.62. The Bertz CT molecular complexity index is 563. The van der Waals surface area contributed by atoms with Gasteiger partial charge in [-0.15, -0.1) is 0 Å². The molecule has 0 unspecified atom stereocenters. The van der Waals surface area contributed by atoms with Gasteiger partial charge in [-0.3, -0.25) is 9.59 Å². The summed E-state index contributed by atoms with van der Waals surface area (Å²) in [6.07, 6.45) is 2.04. The van der Waals surface area contributed by atoms with Crippen molar-refractivity contribution in [3.05, 3.63) is 28.2 Å². The molecule has 114 valence electrons. The minimum Gasteiger partial charge on any atom is -0.342 e. The standard InChI is InChI=1S/C16H21BrN2O2/c1-11-6-7-12(10-13(11)17)18-14(20)16(2,3)15(21)19-8-4-5-9-19/h6-7,10H,4-5,8-9H2,1-3H3,(H,18,20). The predicted octanol–water partition coefficient (Wildman–Crippen LogP) is 3.34. The molecule has 1 aromatic rings. The number of hydrogen-bond donors (Lipinski definition) is 1. The molecule has 21 heavy (non-hydrogen) atoms. The molecule has 0 bridgehead atoms. The number of aryl methyl sites for hydroxylation is 1. The van der Waals surface area contributed by atoms with E-state index in [1.807, 2.05) is 25.1 Å². The number of nitrogens with one attached hydrogen (secondary N) is 1. The summed E-state index contributed by atoms with van der Waals surface area (Å²) in [5.74, 6) is -0.362. The molecule has 4 nitrogen and oxygen atoms in total. The van der Waals surface area contributed by atoms with E-state index in [2.05, 4.69) is 21.2 Å². The van der Waals surface area contributed by atoms with Crippen molar-refractivity contribution < 1.29 is 9.59 Å². The molecule has 2 rings (SSSR count). The highest BCUT2D eigenvalue weighted by Gasteiger charge is 2.39. The van der Waals surface area contributed by atoms with Crippen LogP contribution in [0.5, 0.6) is 0 Å². The third-order valence-corrected chi connectivity index (χ3v) is 4.78. The van der Waals surface area contributed by atoms with E-state index in [9.17, 15) is 9.59 Å². The third kappa shape index (κ3) is 3.46. The van der Waals surface area contributed by atoms with Crippen molar-refractivity contribution in [1.29, 1.82) is 0 Å². The number of benzene rings is 1. The molecule has 0 radical (unpaired) electrons. The first-order valence-electron chi connectivity index (χ1n) is 7.19. The largest absolute Gasteiger partial charge is 0.342 e. The predicted molar refractivity (Wildman–Crippen MR) is 87.1 cm³/mol. The lowest BCUT2D eigenvalue weighted by atomic mass is 9.90. The van der Waals surface area contributed by atoms with Gasteiger partial charge in [0.2, 0.25) is 11.8 Å². The van der Waals surface area contributed by atoms with E-state index in [0.717, 1.165) is 36.0 Å². The zero-order valence-corrected chi connectivity index (χ0v) is 14.3. The van der Waals surface area contributed by atoms with Gasteiger partial charge < -0.3 is 10.2 Å². The minimum absolute atomic E-state index is 0.0938. The van der Waals surface area contributed by atoms with Crippen LogP contribution in [0.1, 0.15) is 32.3 Å². The maximum Gasteiger partial charge on any atom is 0.239 e. The molecule has 5 heteroatoms. The molecule has 0 saturated carbocycles. The van der Waals surface area contributed by atoms with Gasteiger partial charge in [0.15, 0.2) is 0 Å². The number of carbonyl (C=O) groups is 2. The Morgan fingerprint density at radius 2 is 1.86 bits per heavy atom. The van der Waals surface area contributed by atoms with Gasteiger partial charge in [0.05, 0.1) is 0 Å². The van der Waals surface area contributed by atoms with E-state index < -0.39 is 5.41 Å². The number of likely N-dealkylation sites (tertiary alicyclic amines) is 1. The fourth-order valence-corrected chi connectivity index (χ4v) is 2.75. The molecule has 0 atom stereocenters. The molecule has 1 heterocycles.